The van der Waals surface area contributed by atoms with E-state index in [0.29, 0.717) is 35.3 Å². The van der Waals surface area contributed by atoms with E-state index < -0.39 is 4.92 Å². The van der Waals surface area contributed by atoms with Crippen LogP contribution in [0.5, 0.6) is 11.5 Å². The molecule has 0 aliphatic rings. The van der Waals surface area contributed by atoms with E-state index in [2.05, 4.69) is 0 Å². The molecule has 0 atom stereocenters. The zero-order chi connectivity index (χ0) is 16.7. The molecular formula is C17H16ClNO4. The molecule has 0 radical (unpaired) electrons. The van der Waals surface area contributed by atoms with Crippen LogP contribution in [0.3, 0.4) is 0 Å². The summed E-state index contributed by atoms with van der Waals surface area (Å²) in [5, 5.41) is 11.0. The van der Waals surface area contributed by atoms with E-state index in [0.717, 1.165) is 11.8 Å². The highest BCUT2D eigenvalue weighted by Gasteiger charge is 2.08. The number of nitrogens with zero attached hydrogens (tertiary/aromatic N) is 1. The average Bonchev–Trinajstić information content (AvgIpc) is 2.53. The van der Waals surface area contributed by atoms with Gasteiger partial charge in [0.05, 0.1) is 11.5 Å². The molecule has 0 aromatic heterocycles. The summed E-state index contributed by atoms with van der Waals surface area (Å²) in [5.41, 5.74) is 1.53. The Hall–Kier alpha value is -2.53. The molecule has 0 aliphatic carbocycles. The molecule has 0 bridgehead atoms. The van der Waals surface area contributed by atoms with Crippen LogP contribution >= 0.6 is 11.6 Å². The Bertz CT molecular complexity index is 715. The van der Waals surface area contributed by atoms with Crippen LogP contribution in [-0.4, -0.2) is 11.5 Å². The van der Waals surface area contributed by atoms with Gasteiger partial charge in [0.15, 0.2) is 11.5 Å². The fourth-order valence-electron chi connectivity index (χ4n) is 1.93. The Kier molecular flexibility index (Phi) is 6.00. The molecule has 2 rings (SSSR count). The summed E-state index contributed by atoms with van der Waals surface area (Å²) in [5.74, 6) is 1.09. The molecule has 2 aromatic rings. The van der Waals surface area contributed by atoms with Crippen molar-refractivity contribution in [3.05, 3.63) is 74.9 Å². The van der Waals surface area contributed by atoms with Crippen molar-refractivity contribution in [2.45, 2.75) is 13.5 Å². The van der Waals surface area contributed by atoms with Gasteiger partial charge in [-0.2, -0.15) is 0 Å². The first-order valence-corrected chi connectivity index (χ1v) is 7.42. The number of ether oxygens (including phenoxy) is 2. The largest absolute Gasteiger partial charge is 0.490 e. The molecule has 0 unspecified atom stereocenters. The summed E-state index contributed by atoms with van der Waals surface area (Å²) in [6.07, 6.45) is 2.29. The Morgan fingerprint density at radius 2 is 1.96 bits per heavy atom. The van der Waals surface area contributed by atoms with E-state index in [4.69, 9.17) is 21.1 Å². The number of hydrogen-bond donors (Lipinski definition) is 0. The molecule has 0 heterocycles. The minimum absolute atomic E-state index is 0.309. The molecule has 0 aliphatic heterocycles. The minimum atomic E-state index is -0.512. The Labute approximate surface area is 139 Å². The molecule has 5 nitrogen and oxygen atoms in total. The van der Waals surface area contributed by atoms with E-state index in [9.17, 15) is 10.1 Å². The number of rotatable bonds is 7. The Balaban J connectivity index is 2.17. The zero-order valence-corrected chi connectivity index (χ0v) is 13.3. The first kappa shape index (κ1) is 16.8. The van der Waals surface area contributed by atoms with Gasteiger partial charge in [-0.3, -0.25) is 10.1 Å². The summed E-state index contributed by atoms with van der Waals surface area (Å²) < 4.78 is 11.3. The lowest BCUT2D eigenvalue weighted by Crippen LogP contribution is -2.00. The lowest BCUT2D eigenvalue weighted by Gasteiger charge is -2.13. The number of hydrogen-bond acceptors (Lipinski definition) is 4. The second-order valence-electron chi connectivity index (χ2n) is 4.62. The Morgan fingerprint density at radius 3 is 2.65 bits per heavy atom. The second-order valence-corrected chi connectivity index (χ2v) is 5.03. The standard InChI is InChI=1S/C17H16ClNO4/c1-2-22-17-11-13(9-10-19(20)21)7-8-16(17)23-12-14-5-3-4-6-15(14)18/h3-11H,2,12H2,1H3/b10-9-. The van der Waals surface area contributed by atoms with Gasteiger partial charge in [-0.1, -0.05) is 35.9 Å². The first-order valence-electron chi connectivity index (χ1n) is 7.05. The third-order valence-corrected chi connectivity index (χ3v) is 3.37. The van der Waals surface area contributed by atoms with E-state index in [1.807, 2.05) is 25.1 Å². The predicted molar refractivity (Wildman–Crippen MR) is 89.4 cm³/mol. The summed E-state index contributed by atoms with van der Waals surface area (Å²) >= 11 is 6.10. The maximum Gasteiger partial charge on any atom is 0.235 e. The molecule has 6 heteroatoms. The first-order chi connectivity index (χ1) is 11.1. The van der Waals surface area contributed by atoms with Crippen molar-refractivity contribution in [3.8, 4) is 11.5 Å². The van der Waals surface area contributed by atoms with Crippen molar-refractivity contribution in [1.29, 1.82) is 0 Å². The lowest BCUT2D eigenvalue weighted by molar-refractivity contribution is -0.400. The molecule has 0 saturated heterocycles. The quantitative estimate of drug-likeness (QED) is 0.550. The summed E-state index contributed by atoms with van der Waals surface area (Å²) in [4.78, 5) is 9.88. The fraction of sp³-hybridized carbons (Fsp3) is 0.176. The molecular weight excluding hydrogens is 318 g/mol. The van der Waals surface area contributed by atoms with Gasteiger partial charge in [0.2, 0.25) is 6.20 Å². The highest BCUT2D eigenvalue weighted by Crippen LogP contribution is 2.30. The zero-order valence-electron chi connectivity index (χ0n) is 12.6. The average molecular weight is 334 g/mol. The van der Waals surface area contributed by atoms with Crippen LogP contribution in [0.25, 0.3) is 6.08 Å². The molecule has 120 valence electrons. The van der Waals surface area contributed by atoms with Crippen molar-refractivity contribution < 1.29 is 14.4 Å². The van der Waals surface area contributed by atoms with Crippen LogP contribution in [0, 0.1) is 10.1 Å². The van der Waals surface area contributed by atoms with Gasteiger partial charge in [0.25, 0.3) is 0 Å². The van der Waals surface area contributed by atoms with E-state index in [-0.39, 0.29) is 0 Å². The predicted octanol–water partition coefficient (Wildman–Crippen LogP) is 4.57. The third kappa shape index (κ3) is 5.00. The van der Waals surface area contributed by atoms with Crippen molar-refractivity contribution in [3.63, 3.8) is 0 Å². The molecule has 0 fully saturated rings. The summed E-state index contributed by atoms with van der Waals surface area (Å²) in [6, 6.07) is 12.6. The SMILES string of the molecule is CCOc1cc(/C=C\[N+](=O)[O-])ccc1OCc1ccccc1Cl. The van der Waals surface area contributed by atoms with Crippen molar-refractivity contribution in [2.24, 2.45) is 0 Å². The molecule has 0 N–H and O–H groups in total. The van der Waals surface area contributed by atoms with Crippen LogP contribution < -0.4 is 9.47 Å². The van der Waals surface area contributed by atoms with Crippen LogP contribution in [0.1, 0.15) is 18.1 Å². The smallest absolute Gasteiger partial charge is 0.235 e. The summed E-state index contributed by atoms with van der Waals surface area (Å²) in [6.45, 7) is 2.63. The number of benzene rings is 2. The van der Waals surface area contributed by atoms with E-state index in [1.54, 1.807) is 24.3 Å². The minimum Gasteiger partial charge on any atom is -0.490 e. The Morgan fingerprint density at radius 1 is 1.17 bits per heavy atom. The third-order valence-electron chi connectivity index (χ3n) is 3.00. The van der Waals surface area contributed by atoms with Crippen LogP contribution in [0.15, 0.2) is 48.7 Å². The molecule has 0 spiro atoms. The highest BCUT2D eigenvalue weighted by molar-refractivity contribution is 6.31. The van der Waals surface area contributed by atoms with Gasteiger partial charge in [-0.15, -0.1) is 0 Å². The molecule has 23 heavy (non-hydrogen) atoms. The van der Waals surface area contributed by atoms with Crippen molar-refractivity contribution in [1.82, 2.24) is 0 Å². The van der Waals surface area contributed by atoms with Crippen molar-refractivity contribution in [2.75, 3.05) is 6.61 Å². The van der Waals surface area contributed by atoms with Crippen LogP contribution in [0.4, 0.5) is 0 Å². The maximum atomic E-state index is 10.4. The van der Waals surface area contributed by atoms with Gasteiger partial charge in [0.1, 0.15) is 6.61 Å². The fourth-order valence-corrected chi connectivity index (χ4v) is 2.12. The van der Waals surface area contributed by atoms with Gasteiger partial charge in [-0.05, 0) is 30.7 Å². The second kappa shape index (κ2) is 8.19. The molecule has 0 amide bonds. The number of nitro groups is 1. The summed E-state index contributed by atoms with van der Waals surface area (Å²) in [7, 11) is 0. The van der Waals surface area contributed by atoms with Crippen LogP contribution in [0.2, 0.25) is 5.02 Å². The van der Waals surface area contributed by atoms with Gasteiger partial charge in [-0.25, -0.2) is 0 Å². The maximum absolute atomic E-state index is 10.4. The lowest BCUT2D eigenvalue weighted by atomic mass is 10.2. The van der Waals surface area contributed by atoms with Crippen molar-refractivity contribution >= 4 is 17.7 Å². The van der Waals surface area contributed by atoms with E-state index >= 15 is 0 Å². The van der Waals surface area contributed by atoms with Gasteiger partial charge >= 0.3 is 0 Å². The number of halogens is 1. The van der Waals surface area contributed by atoms with Gasteiger partial charge < -0.3 is 9.47 Å². The highest BCUT2D eigenvalue weighted by atomic mass is 35.5. The molecule has 0 saturated carbocycles. The van der Waals surface area contributed by atoms with E-state index in [1.165, 1.54) is 6.08 Å². The van der Waals surface area contributed by atoms with Crippen LogP contribution in [-0.2, 0) is 6.61 Å². The topological polar surface area (TPSA) is 61.6 Å². The molecule has 2 aromatic carbocycles. The monoisotopic (exact) mass is 333 g/mol. The van der Waals surface area contributed by atoms with Gasteiger partial charge in [0, 0.05) is 16.7 Å². The normalized spacial score (nSPS) is 10.7.